The Hall–Kier alpha value is -2.94. The molecule has 156 valence electrons. The SMILES string of the molecule is NCc1ccc(NC(=O)c2c(F)cccc2Cl)cc1NS(=O)(=O)Cc1ccccc1. The van der Waals surface area contributed by atoms with Gasteiger partial charge < -0.3 is 11.1 Å². The number of halogens is 2. The third-order valence-electron chi connectivity index (χ3n) is 4.24. The number of rotatable bonds is 7. The van der Waals surface area contributed by atoms with Gasteiger partial charge in [0.15, 0.2) is 0 Å². The van der Waals surface area contributed by atoms with Crippen LogP contribution in [-0.2, 0) is 22.3 Å². The maximum absolute atomic E-state index is 14.0. The van der Waals surface area contributed by atoms with Crippen molar-refractivity contribution >= 4 is 38.9 Å². The summed E-state index contributed by atoms with van der Waals surface area (Å²) in [5.74, 6) is -1.74. The summed E-state index contributed by atoms with van der Waals surface area (Å²) in [5, 5.41) is 2.50. The molecule has 0 heterocycles. The fraction of sp³-hybridized carbons (Fsp3) is 0.0952. The van der Waals surface area contributed by atoms with Gasteiger partial charge in [0.25, 0.3) is 5.91 Å². The van der Waals surface area contributed by atoms with Gasteiger partial charge in [-0.25, -0.2) is 12.8 Å². The molecule has 0 aliphatic rings. The first kappa shape index (κ1) is 21.8. The van der Waals surface area contributed by atoms with Crippen molar-refractivity contribution in [2.24, 2.45) is 5.73 Å². The minimum atomic E-state index is -3.73. The number of anilines is 2. The van der Waals surface area contributed by atoms with Gasteiger partial charge in [0.2, 0.25) is 10.0 Å². The molecule has 1 amide bonds. The molecular formula is C21H19ClFN3O3S. The van der Waals surface area contributed by atoms with Gasteiger partial charge in [-0.15, -0.1) is 0 Å². The molecule has 4 N–H and O–H groups in total. The minimum absolute atomic E-state index is 0.0325. The highest BCUT2D eigenvalue weighted by Gasteiger charge is 2.18. The van der Waals surface area contributed by atoms with Gasteiger partial charge in [-0.05, 0) is 35.4 Å². The van der Waals surface area contributed by atoms with E-state index in [0.717, 1.165) is 6.07 Å². The molecule has 0 aromatic heterocycles. The topological polar surface area (TPSA) is 101 Å². The van der Waals surface area contributed by atoms with Gasteiger partial charge in [-0.3, -0.25) is 9.52 Å². The Labute approximate surface area is 178 Å². The molecule has 0 atom stereocenters. The van der Waals surface area contributed by atoms with Crippen LogP contribution in [0.1, 0.15) is 21.5 Å². The zero-order valence-electron chi connectivity index (χ0n) is 15.7. The number of benzene rings is 3. The summed E-state index contributed by atoms with van der Waals surface area (Å²) in [5.41, 5.74) is 7.06. The Kier molecular flexibility index (Phi) is 6.71. The largest absolute Gasteiger partial charge is 0.326 e. The van der Waals surface area contributed by atoms with E-state index in [1.54, 1.807) is 42.5 Å². The van der Waals surface area contributed by atoms with Crippen LogP contribution in [-0.4, -0.2) is 14.3 Å². The minimum Gasteiger partial charge on any atom is -0.326 e. The molecule has 0 aliphatic heterocycles. The van der Waals surface area contributed by atoms with Gasteiger partial charge in [0.1, 0.15) is 5.82 Å². The van der Waals surface area contributed by atoms with E-state index >= 15 is 0 Å². The van der Waals surface area contributed by atoms with Gasteiger partial charge in [0, 0.05) is 12.2 Å². The first-order valence-corrected chi connectivity index (χ1v) is 10.9. The summed E-state index contributed by atoms with van der Waals surface area (Å²) in [6.45, 7) is 0.0799. The van der Waals surface area contributed by atoms with Crippen molar-refractivity contribution in [2.45, 2.75) is 12.3 Å². The monoisotopic (exact) mass is 447 g/mol. The number of sulfonamides is 1. The predicted molar refractivity (Wildman–Crippen MR) is 116 cm³/mol. The summed E-state index contributed by atoms with van der Waals surface area (Å²) < 4.78 is 41.6. The zero-order valence-corrected chi connectivity index (χ0v) is 17.3. The second-order valence-corrected chi connectivity index (χ2v) is 8.60. The molecule has 0 radical (unpaired) electrons. The summed E-state index contributed by atoms with van der Waals surface area (Å²) in [6, 6.07) is 17.2. The summed E-state index contributed by atoms with van der Waals surface area (Å²) >= 11 is 5.92. The molecule has 0 bridgehead atoms. The maximum atomic E-state index is 14.0. The highest BCUT2D eigenvalue weighted by molar-refractivity contribution is 7.91. The predicted octanol–water partition coefficient (Wildman–Crippen LogP) is 4.13. The molecule has 0 saturated carbocycles. The molecule has 30 heavy (non-hydrogen) atoms. The summed E-state index contributed by atoms with van der Waals surface area (Å²) in [6.07, 6.45) is 0. The number of carbonyl (C=O) groups is 1. The summed E-state index contributed by atoms with van der Waals surface area (Å²) in [4.78, 5) is 12.4. The number of carbonyl (C=O) groups excluding carboxylic acids is 1. The van der Waals surface area contributed by atoms with Crippen LogP contribution >= 0.6 is 11.6 Å². The molecule has 0 fully saturated rings. The molecule has 9 heteroatoms. The van der Waals surface area contributed by atoms with Crippen molar-refractivity contribution in [3.63, 3.8) is 0 Å². The molecule has 3 aromatic carbocycles. The van der Waals surface area contributed by atoms with E-state index in [0.29, 0.717) is 11.1 Å². The van der Waals surface area contributed by atoms with Crippen molar-refractivity contribution in [3.8, 4) is 0 Å². The quantitative estimate of drug-likeness (QED) is 0.506. The molecular weight excluding hydrogens is 429 g/mol. The lowest BCUT2D eigenvalue weighted by molar-refractivity contribution is 0.102. The van der Waals surface area contributed by atoms with E-state index in [-0.39, 0.29) is 34.3 Å². The van der Waals surface area contributed by atoms with Crippen LogP contribution in [0.4, 0.5) is 15.8 Å². The first-order chi connectivity index (χ1) is 14.3. The van der Waals surface area contributed by atoms with E-state index in [9.17, 15) is 17.6 Å². The number of nitrogens with two attached hydrogens (primary N) is 1. The fourth-order valence-corrected chi connectivity index (χ4v) is 4.31. The Morgan fingerprint density at radius 1 is 1.03 bits per heavy atom. The maximum Gasteiger partial charge on any atom is 0.260 e. The number of amides is 1. The first-order valence-electron chi connectivity index (χ1n) is 8.92. The fourth-order valence-electron chi connectivity index (χ4n) is 2.83. The Morgan fingerprint density at radius 3 is 2.43 bits per heavy atom. The van der Waals surface area contributed by atoms with Gasteiger partial charge >= 0.3 is 0 Å². The van der Waals surface area contributed by atoms with Crippen molar-refractivity contribution < 1.29 is 17.6 Å². The third kappa shape index (κ3) is 5.35. The Balaban J connectivity index is 1.84. The van der Waals surface area contributed by atoms with E-state index in [1.165, 1.54) is 18.2 Å². The van der Waals surface area contributed by atoms with Crippen LogP contribution in [0.5, 0.6) is 0 Å². The summed E-state index contributed by atoms with van der Waals surface area (Å²) in [7, 11) is -3.73. The Morgan fingerprint density at radius 2 is 1.77 bits per heavy atom. The normalized spacial score (nSPS) is 11.2. The second-order valence-electron chi connectivity index (χ2n) is 6.47. The lowest BCUT2D eigenvalue weighted by Crippen LogP contribution is -2.18. The van der Waals surface area contributed by atoms with Gasteiger partial charge in [0.05, 0.1) is 22.0 Å². The lowest BCUT2D eigenvalue weighted by Gasteiger charge is -2.14. The Bertz CT molecular complexity index is 1150. The van der Waals surface area contributed by atoms with E-state index in [2.05, 4.69) is 10.0 Å². The molecule has 3 rings (SSSR count). The lowest BCUT2D eigenvalue weighted by atomic mass is 10.1. The van der Waals surface area contributed by atoms with Crippen molar-refractivity contribution in [1.29, 1.82) is 0 Å². The molecule has 3 aromatic rings. The van der Waals surface area contributed by atoms with Crippen LogP contribution in [0, 0.1) is 5.82 Å². The third-order valence-corrected chi connectivity index (χ3v) is 5.80. The van der Waals surface area contributed by atoms with Crippen LogP contribution in [0.15, 0.2) is 66.7 Å². The zero-order chi connectivity index (χ0) is 21.7. The standard InChI is InChI=1S/C21H19ClFN3O3S/c22-17-7-4-8-18(23)20(17)21(27)25-16-10-9-15(12-24)19(11-16)26-30(28,29)13-14-5-2-1-3-6-14/h1-11,26H,12-13,24H2,(H,25,27). The van der Waals surface area contributed by atoms with Crippen molar-refractivity contribution in [2.75, 3.05) is 10.0 Å². The second kappa shape index (κ2) is 9.25. The number of hydrogen-bond donors (Lipinski definition) is 3. The van der Waals surface area contributed by atoms with Gasteiger partial charge in [-0.2, -0.15) is 0 Å². The van der Waals surface area contributed by atoms with Crippen molar-refractivity contribution in [1.82, 2.24) is 0 Å². The van der Waals surface area contributed by atoms with Crippen LogP contribution in [0.25, 0.3) is 0 Å². The molecule has 0 spiro atoms. The van der Waals surface area contributed by atoms with Crippen LogP contribution < -0.4 is 15.8 Å². The van der Waals surface area contributed by atoms with E-state index in [1.807, 2.05) is 0 Å². The van der Waals surface area contributed by atoms with E-state index < -0.39 is 21.7 Å². The van der Waals surface area contributed by atoms with Crippen molar-refractivity contribution in [3.05, 3.63) is 94.3 Å². The van der Waals surface area contributed by atoms with Crippen LogP contribution in [0.2, 0.25) is 5.02 Å². The molecule has 0 saturated heterocycles. The number of nitrogens with one attached hydrogen (secondary N) is 2. The average molecular weight is 448 g/mol. The smallest absolute Gasteiger partial charge is 0.260 e. The number of hydrogen-bond acceptors (Lipinski definition) is 4. The highest BCUT2D eigenvalue weighted by Crippen LogP contribution is 2.25. The molecule has 0 unspecified atom stereocenters. The average Bonchev–Trinajstić information content (AvgIpc) is 2.68. The highest BCUT2D eigenvalue weighted by atomic mass is 35.5. The van der Waals surface area contributed by atoms with Crippen LogP contribution in [0.3, 0.4) is 0 Å². The molecule has 0 aliphatic carbocycles. The van der Waals surface area contributed by atoms with Gasteiger partial charge in [-0.1, -0.05) is 54.1 Å². The van der Waals surface area contributed by atoms with E-state index in [4.69, 9.17) is 17.3 Å². The molecule has 6 nitrogen and oxygen atoms in total.